The van der Waals surface area contributed by atoms with Crippen LogP contribution in [0.3, 0.4) is 0 Å². The Labute approximate surface area is 73.8 Å². The fourth-order valence-electron chi connectivity index (χ4n) is 0.620. The Bertz CT molecular complexity index is 64.1. The van der Waals surface area contributed by atoms with Crippen LogP contribution in [0, 0.1) is 5.92 Å². The summed E-state index contributed by atoms with van der Waals surface area (Å²) in [5.74, 6) is -0.0443. The lowest BCUT2D eigenvalue weighted by molar-refractivity contribution is 0.136. The first kappa shape index (κ1) is 14.4. The second kappa shape index (κ2) is 13.4. The molecule has 0 aliphatic rings. The van der Waals surface area contributed by atoms with Crippen LogP contribution in [0.15, 0.2) is 0 Å². The minimum absolute atomic E-state index is 0.0104. The molecule has 0 rings (SSSR count). The molecule has 3 N–H and O–H groups in total. The topological polar surface area (TPSA) is 69.9 Å². The van der Waals surface area contributed by atoms with E-state index in [2.05, 4.69) is 4.74 Å². The Morgan fingerprint density at radius 3 is 1.75 bits per heavy atom. The van der Waals surface area contributed by atoms with Crippen molar-refractivity contribution in [3.8, 4) is 0 Å². The van der Waals surface area contributed by atoms with Crippen molar-refractivity contribution in [3.63, 3.8) is 0 Å². The zero-order valence-electron chi connectivity index (χ0n) is 7.86. The molecular formula is C8H20O4. The van der Waals surface area contributed by atoms with Crippen LogP contribution in [0.1, 0.15) is 12.8 Å². The highest BCUT2D eigenvalue weighted by Crippen LogP contribution is 2.02. The SMILES string of the molecule is COC.OCCCC(CO)CO. The van der Waals surface area contributed by atoms with Gasteiger partial charge in [0.2, 0.25) is 0 Å². The molecule has 0 aromatic carbocycles. The predicted molar refractivity (Wildman–Crippen MR) is 46.9 cm³/mol. The molecule has 12 heavy (non-hydrogen) atoms. The average molecular weight is 180 g/mol. The molecule has 4 nitrogen and oxygen atoms in total. The van der Waals surface area contributed by atoms with Gasteiger partial charge in [-0.1, -0.05) is 0 Å². The van der Waals surface area contributed by atoms with Gasteiger partial charge in [-0.3, -0.25) is 0 Å². The number of hydrogen-bond donors (Lipinski definition) is 3. The highest BCUT2D eigenvalue weighted by Gasteiger charge is 2.03. The monoisotopic (exact) mass is 180 g/mol. The van der Waals surface area contributed by atoms with Crippen molar-refractivity contribution in [2.24, 2.45) is 5.92 Å². The van der Waals surface area contributed by atoms with E-state index < -0.39 is 0 Å². The van der Waals surface area contributed by atoms with Crippen molar-refractivity contribution in [3.05, 3.63) is 0 Å². The standard InChI is InChI=1S/C6H14O3.C2H6O/c7-3-1-2-6(4-8)5-9;1-3-2/h6-9H,1-5H2;1-2H3. The molecular weight excluding hydrogens is 160 g/mol. The molecule has 0 aliphatic carbocycles. The molecule has 76 valence electrons. The highest BCUT2D eigenvalue weighted by molar-refractivity contribution is 4.53. The second-order valence-electron chi connectivity index (χ2n) is 2.51. The number of hydrogen-bond acceptors (Lipinski definition) is 4. The molecule has 0 radical (unpaired) electrons. The predicted octanol–water partition coefficient (Wildman–Crippen LogP) is -0.378. The van der Waals surface area contributed by atoms with Gasteiger partial charge in [0.15, 0.2) is 0 Å². The van der Waals surface area contributed by atoms with E-state index >= 15 is 0 Å². The number of aliphatic hydroxyl groups is 3. The summed E-state index contributed by atoms with van der Waals surface area (Å²) in [4.78, 5) is 0. The third-order valence-corrected chi connectivity index (χ3v) is 1.29. The van der Waals surface area contributed by atoms with Crippen LogP contribution in [0.4, 0.5) is 0 Å². The number of methoxy groups -OCH3 is 1. The van der Waals surface area contributed by atoms with Crippen LogP contribution in [0.5, 0.6) is 0 Å². The Kier molecular flexibility index (Phi) is 16.1. The molecule has 0 saturated carbocycles. The van der Waals surface area contributed by atoms with Gasteiger partial charge in [-0.25, -0.2) is 0 Å². The summed E-state index contributed by atoms with van der Waals surface area (Å²) >= 11 is 0. The van der Waals surface area contributed by atoms with Crippen LogP contribution in [0.2, 0.25) is 0 Å². The third-order valence-electron chi connectivity index (χ3n) is 1.29. The molecule has 0 atom stereocenters. The van der Waals surface area contributed by atoms with Crippen molar-refractivity contribution in [2.45, 2.75) is 12.8 Å². The quantitative estimate of drug-likeness (QED) is 0.539. The molecule has 0 unspecified atom stereocenters. The molecule has 0 aliphatic heterocycles. The number of aliphatic hydroxyl groups excluding tert-OH is 3. The van der Waals surface area contributed by atoms with E-state index in [0.717, 1.165) is 0 Å². The van der Waals surface area contributed by atoms with E-state index in [1.165, 1.54) is 0 Å². The van der Waals surface area contributed by atoms with Gasteiger partial charge in [-0.05, 0) is 12.8 Å². The Morgan fingerprint density at radius 2 is 1.50 bits per heavy atom. The first-order valence-corrected chi connectivity index (χ1v) is 3.99. The van der Waals surface area contributed by atoms with Gasteiger partial charge < -0.3 is 20.1 Å². The summed E-state index contributed by atoms with van der Waals surface area (Å²) < 4.78 is 4.25. The van der Waals surface area contributed by atoms with E-state index in [-0.39, 0.29) is 25.7 Å². The van der Waals surface area contributed by atoms with Crippen LogP contribution in [-0.4, -0.2) is 49.4 Å². The number of ether oxygens (including phenoxy) is 1. The molecule has 4 heteroatoms. The van der Waals surface area contributed by atoms with Gasteiger partial charge >= 0.3 is 0 Å². The average Bonchev–Trinajstić information content (AvgIpc) is 2.08. The maximum atomic E-state index is 8.51. The molecule has 0 heterocycles. The van der Waals surface area contributed by atoms with Gasteiger partial charge in [0.25, 0.3) is 0 Å². The minimum Gasteiger partial charge on any atom is -0.396 e. The van der Waals surface area contributed by atoms with Crippen molar-refractivity contribution >= 4 is 0 Å². The lowest BCUT2D eigenvalue weighted by atomic mass is 10.1. The highest BCUT2D eigenvalue weighted by atomic mass is 16.4. The summed E-state index contributed by atoms with van der Waals surface area (Å²) in [7, 11) is 3.25. The van der Waals surface area contributed by atoms with Crippen LogP contribution in [-0.2, 0) is 4.74 Å². The first-order valence-electron chi connectivity index (χ1n) is 3.99. The molecule has 0 bridgehead atoms. The van der Waals surface area contributed by atoms with E-state index in [4.69, 9.17) is 15.3 Å². The first-order chi connectivity index (χ1) is 5.76. The van der Waals surface area contributed by atoms with Crippen LogP contribution < -0.4 is 0 Å². The smallest absolute Gasteiger partial charge is 0.0481 e. The summed E-state index contributed by atoms with van der Waals surface area (Å²) in [5.41, 5.74) is 0. The Balaban J connectivity index is 0. The van der Waals surface area contributed by atoms with Gasteiger partial charge in [0, 0.05) is 40.0 Å². The summed E-state index contributed by atoms with van der Waals surface area (Å²) in [6.45, 7) is 0.156. The molecule has 0 aromatic heterocycles. The van der Waals surface area contributed by atoms with E-state index in [9.17, 15) is 0 Å². The minimum atomic E-state index is -0.0443. The fraction of sp³-hybridized carbons (Fsp3) is 1.00. The van der Waals surface area contributed by atoms with Gasteiger partial charge in [0.05, 0.1) is 0 Å². The number of rotatable bonds is 5. The van der Waals surface area contributed by atoms with Gasteiger partial charge in [-0.15, -0.1) is 0 Å². The third kappa shape index (κ3) is 12.5. The molecule has 0 saturated heterocycles. The lowest BCUT2D eigenvalue weighted by Crippen LogP contribution is -2.11. The lowest BCUT2D eigenvalue weighted by Gasteiger charge is -2.07. The second-order valence-corrected chi connectivity index (χ2v) is 2.51. The maximum Gasteiger partial charge on any atom is 0.0481 e. The molecule has 0 amide bonds. The normalized spacial score (nSPS) is 9.50. The van der Waals surface area contributed by atoms with E-state index in [1.54, 1.807) is 14.2 Å². The largest absolute Gasteiger partial charge is 0.396 e. The maximum absolute atomic E-state index is 8.51. The Hall–Kier alpha value is -0.160. The molecule has 0 fully saturated rings. The fourth-order valence-corrected chi connectivity index (χ4v) is 0.620. The zero-order chi connectivity index (χ0) is 9.82. The van der Waals surface area contributed by atoms with Crippen LogP contribution in [0.25, 0.3) is 0 Å². The van der Waals surface area contributed by atoms with Gasteiger partial charge in [0.1, 0.15) is 0 Å². The van der Waals surface area contributed by atoms with Crippen molar-refractivity contribution in [1.29, 1.82) is 0 Å². The van der Waals surface area contributed by atoms with Crippen molar-refractivity contribution in [1.82, 2.24) is 0 Å². The van der Waals surface area contributed by atoms with Gasteiger partial charge in [-0.2, -0.15) is 0 Å². The summed E-state index contributed by atoms with van der Waals surface area (Å²) in [5, 5.41) is 25.4. The zero-order valence-corrected chi connectivity index (χ0v) is 7.86. The van der Waals surface area contributed by atoms with Crippen LogP contribution >= 0.6 is 0 Å². The Morgan fingerprint density at radius 1 is 1.08 bits per heavy atom. The molecule has 0 spiro atoms. The summed E-state index contributed by atoms with van der Waals surface area (Å²) in [6.07, 6.45) is 1.36. The molecule has 0 aromatic rings. The van der Waals surface area contributed by atoms with E-state index in [0.29, 0.717) is 12.8 Å². The van der Waals surface area contributed by atoms with E-state index in [1.807, 2.05) is 0 Å². The van der Waals surface area contributed by atoms with Crippen molar-refractivity contribution in [2.75, 3.05) is 34.0 Å². The van der Waals surface area contributed by atoms with Crippen molar-refractivity contribution < 1.29 is 20.1 Å². The summed E-state index contributed by atoms with van der Waals surface area (Å²) in [6, 6.07) is 0.